The van der Waals surface area contributed by atoms with E-state index in [4.69, 9.17) is 0 Å². The first-order valence-corrected chi connectivity index (χ1v) is 6.34. The Morgan fingerprint density at radius 2 is 2.18 bits per heavy atom. The Balaban J connectivity index is 1.81. The molecule has 1 aliphatic carbocycles. The summed E-state index contributed by atoms with van der Waals surface area (Å²) >= 11 is 0. The highest BCUT2D eigenvalue weighted by molar-refractivity contribution is 5.28. The van der Waals surface area contributed by atoms with Crippen molar-refractivity contribution in [3.05, 3.63) is 29.6 Å². The van der Waals surface area contributed by atoms with E-state index >= 15 is 0 Å². The first kappa shape index (κ1) is 12.4. The van der Waals surface area contributed by atoms with Gasteiger partial charge in [-0.25, -0.2) is 4.39 Å². The van der Waals surface area contributed by atoms with Gasteiger partial charge in [-0.3, -0.25) is 0 Å². The van der Waals surface area contributed by atoms with Crippen LogP contribution in [0.2, 0.25) is 0 Å². The molecule has 0 amide bonds. The van der Waals surface area contributed by atoms with Crippen LogP contribution in [-0.2, 0) is 6.54 Å². The summed E-state index contributed by atoms with van der Waals surface area (Å²) in [4.78, 5) is 0. The minimum Gasteiger partial charge on any atom is -0.508 e. The fourth-order valence-corrected chi connectivity index (χ4v) is 2.66. The summed E-state index contributed by atoms with van der Waals surface area (Å²) in [5.74, 6) is 1.16. The fourth-order valence-electron chi connectivity index (χ4n) is 2.66. The molecule has 0 bridgehead atoms. The smallest absolute Gasteiger partial charge is 0.127 e. The summed E-state index contributed by atoms with van der Waals surface area (Å²) in [5, 5.41) is 12.6. The summed E-state index contributed by atoms with van der Waals surface area (Å²) in [6.45, 7) is 3.90. The van der Waals surface area contributed by atoms with Gasteiger partial charge in [0.2, 0.25) is 0 Å². The molecule has 1 saturated carbocycles. The van der Waals surface area contributed by atoms with Crippen LogP contribution in [0.15, 0.2) is 18.2 Å². The van der Waals surface area contributed by atoms with Gasteiger partial charge in [0.05, 0.1) is 0 Å². The molecule has 0 aromatic heterocycles. The predicted molar refractivity (Wildman–Crippen MR) is 66.3 cm³/mol. The van der Waals surface area contributed by atoms with Gasteiger partial charge in [-0.1, -0.05) is 19.8 Å². The van der Waals surface area contributed by atoms with Gasteiger partial charge in [-0.05, 0) is 42.5 Å². The maximum Gasteiger partial charge on any atom is 0.127 e. The Morgan fingerprint density at radius 3 is 2.82 bits per heavy atom. The molecule has 94 valence electrons. The van der Waals surface area contributed by atoms with Crippen LogP contribution in [0.5, 0.6) is 5.75 Å². The van der Waals surface area contributed by atoms with E-state index in [0.29, 0.717) is 6.54 Å². The quantitative estimate of drug-likeness (QED) is 0.843. The molecule has 2 N–H and O–H groups in total. The van der Waals surface area contributed by atoms with E-state index in [1.807, 2.05) is 0 Å². The fraction of sp³-hybridized carbons (Fsp3) is 0.571. The Labute approximate surface area is 102 Å². The zero-order chi connectivity index (χ0) is 12.3. The monoisotopic (exact) mass is 237 g/mol. The van der Waals surface area contributed by atoms with Gasteiger partial charge in [-0.15, -0.1) is 0 Å². The van der Waals surface area contributed by atoms with Crippen molar-refractivity contribution in [2.45, 2.75) is 32.7 Å². The van der Waals surface area contributed by atoms with E-state index in [-0.39, 0.29) is 11.6 Å². The number of halogens is 1. The van der Waals surface area contributed by atoms with Crippen molar-refractivity contribution in [1.29, 1.82) is 0 Å². The Bertz CT molecular complexity index is 360. The molecule has 3 heteroatoms. The number of hydrogen-bond donors (Lipinski definition) is 2. The number of phenolic OH excluding ortho intramolecular Hbond substituents is 1. The Morgan fingerprint density at radius 1 is 1.35 bits per heavy atom. The molecule has 2 unspecified atom stereocenters. The highest BCUT2D eigenvalue weighted by Crippen LogP contribution is 2.30. The van der Waals surface area contributed by atoms with Crippen molar-refractivity contribution < 1.29 is 9.50 Å². The van der Waals surface area contributed by atoms with E-state index in [1.165, 1.54) is 25.3 Å². The largest absolute Gasteiger partial charge is 0.508 e. The van der Waals surface area contributed by atoms with Gasteiger partial charge in [0.1, 0.15) is 11.6 Å². The first-order valence-electron chi connectivity index (χ1n) is 6.34. The van der Waals surface area contributed by atoms with Crippen LogP contribution in [0.1, 0.15) is 31.7 Å². The number of aromatic hydroxyl groups is 1. The topological polar surface area (TPSA) is 32.3 Å². The highest BCUT2D eigenvalue weighted by atomic mass is 19.1. The van der Waals surface area contributed by atoms with Crippen molar-refractivity contribution in [2.24, 2.45) is 11.8 Å². The molecule has 2 nitrogen and oxygen atoms in total. The molecule has 1 aromatic carbocycles. The third-order valence-corrected chi connectivity index (χ3v) is 3.72. The lowest BCUT2D eigenvalue weighted by Gasteiger charge is -2.16. The second kappa shape index (κ2) is 5.50. The van der Waals surface area contributed by atoms with E-state index in [1.54, 1.807) is 6.07 Å². The van der Waals surface area contributed by atoms with E-state index in [0.717, 1.165) is 30.0 Å². The number of benzene rings is 1. The minimum absolute atomic E-state index is 0.00367. The highest BCUT2D eigenvalue weighted by Gasteiger charge is 2.22. The number of rotatable bonds is 4. The first-order chi connectivity index (χ1) is 8.15. The van der Waals surface area contributed by atoms with Gasteiger partial charge in [0, 0.05) is 12.6 Å². The lowest BCUT2D eigenvalue weighted by atomic mass is 9.98. The Hall–Kier alpha value is -1.09. The molecule has 17 heavy (non-hydrogen) atoms. The third-order valence-electron chi connectivity index (χ3n) is 3.72. The maximum atomic E-state index is 13.0. The second-order valence-corrected chi connectivity index (χ2v) is 5.12. The van der Waals surface area contributed by atoms with Gasteiger partial charge < -0.3 is 10.4 Å². The van der Waals surface area contributed by atoms with E-state index in [2.05, 4.69) is 12.2 Å². The average Bonchev–Trinajstić information content (AvgIpc) is 2.63. The van der Waals surface area contributed by atoms with Crippen LogP contribution in [0.4, 0.5) is 4.39 Å². The van der Waals surface area contributed by atoms with Gasteiger partial charge >= 0.3 is 0 Å². The normalized spacial score (nSPS) is 24.1. The molecule has 0 saturated heterocycles. The predicted octanol–water partition coefficient (Wildman–Crippen LogP) is 3.06. The zero-order valence-corrected chi connectivity index (χ0v) is 10.2. The van der Waals surface area contributed by atoms with Crippen LogP contribution in [0.3, 0.4) is 0 Å². The van der Waals surface area contributed by atoms with Crippen molar-refractivity contribution in [1.82, 2.24) is 5.32 Å². The summed E-state index contributed by atoms with van der Waals surface area (Å²) in [7, 11) is 0. The van der Waals surface area contributed by atoms with E-state index < -0.39 is 0 Å². The maximum absolute atomic E-state index is 13.0. The average molecular weight is 237 g/mol. The van der Waals surface area contributed by atoms with Gasteiger partial charge in [0.25, 0.3) is 0 Å². The lowest BCUT2D eigenvalue weighted by Crippen LogP contribution is -2.23. The van der Waals surface area contributed by atoms with Crippen LogP contribution in [-0.4, -0.2) is 11.7 Å². The van der Waals surface area contributed by atoms with Crippen molar-refractivity contribution >= 4 is 0 Å². The minimum atomic E-state index is -0.379. The lowest BCUT2D eigenvalue weighted by molar-refractivity contribution is 0.391. The van der Waals surface area contributed by atoms with Crippen LogP contribution in [0, 0.1) is 17.7 Å². The molecule has 1 fully saturated rings. The SMILES string of the molecule is CC1CCCC1CNCc1cc(O)cc(F)c1. The molecular weight excluding hydrogens is 217 g/mol. The molecule has 0 radical (unpaired) electrons. The zero-order valence-electron chi connectivity index (χ0n) is 10.2. The molecular formula is C14H20FNO. The number of hydrogen-bond acceptors (Lipinski definition) is 2. The van der Waals surface area contributed by atoms with Crippen molar-refractivity contribution in [3.8, 4) is 5.75 Å². The number of nitrogens with one attached hydrogen (secondary N) is 1. The molecule has 0 heterocycles. The van der Waals surface area contributed by atoms with E-state index in [9.17, 15) is 9.50 Å². The van der Waals surface area contributed by atoms with Gasteiger partial charge in [-0.2, -0.15) is 0 Å². The summed E-state index contributed by atoms with van der Waals surface area (Å²) in [6.07, 6.45) is 3.95. The van der Waals surface area contributed by atoms with Crippen molar-refractivity contribution in [2.75, 3.05) is 6.54 Å². The number of phenols is 1. The summed E-state index contributed by atoms with van der Waals surface area (Å²) in [6, 6.07) is 4.20. The van der Waals surface area contributed by atoms with Gasteiger partial charge in [0.15, 0.2) is 0 Å². The summed E-state index contributed by atoms with van der Waals surface area (Å²) in [5.41, 5.74) is 0.799. The third kappa shape index (κ3) is 3.43. The molecule has 2 rings (SSSR count). The standard InChI is InChI=1S/C14H20FNO/c1-10-3-2-4-12(10)9-16-8-11-5-13(15)7-14(17)6-11/h5-7,10,12,16-17H,2-4,8-9H2,1H3. The molecule has 1 aromatic rings. The van der Waals surface area contributed by atoms with Crippen LogP contribution >= 0.6 is 0 Å². The molecule has 0 spiro atoms. The van der Waals surface area contributed by atoms with Crippen LogP contribution < -0.4 is 5.32 Å². The Kier molecular flexibility index (Phi) is 4.00. The second-order valence-electron chi connectivity index (χ2n) is 5.12. The molecule has 0 aliphatic heterocycles. The molecule has 2 atom stereocenters. The van der Waals surface area contributed by atoms with Crippen molar-refractivity contribution in [3.63, 3.8) is 0 Å². The molecule has 1 aliphatic rings. The summed E-state index contributed by atoms with van der Waals surface area (Å²) < 4.78 is 13.0. The van der Waals surface area contributed by atoms with Crippen LogP contribution in [0.25, 0.3) is 0 Å².